The Balaban J connectivity index is 1.01. The monoisotopic (exact) mass is 888 g/mol. The van der Waals surface area contributed by atoms with Gasteiger partial charge >= 0.3 is 0 Å². The van der Waals surface area contributed by atoms with Crippen LogP contribution >= 0.6 is 0 Å². The van der Waals surface area contributed by atoms with Crippen molar-refractivity contribution in [3.8, 4) is 56.0 Å². The third-order valence-electron chi connectivity index (χ3n) is 16.6. The van der Waals surface area contributed by atoms with E-state index in [9.17, 15) is 0 Å². The number of nitrogens with one attached hydrogen (secondary N) is 1. The molecule has 0 bridgehead atoms. The molecule has 0 fully saturated rings. The molecule has 11 aromatic rings. The maximum atomic E-state index is 4.71. The summed E-state index contributed by atoms with van der Waals surface area (Å²) in [6.45, 7) is 9.99. The lowest BCUT2D eigenvalue weighted by Crippen LogP contribution is -2.24. The van der Waals surface area contributed by atoms with Gasteiger partial charge in [0.05, 0.1) is 28.4 Å². The topological polar surface area (TPSA) is 38.5 Å². The van der Waals surface area contributed by atoms with Crippen LogP contribution in [0.5, 0.6) is 0 Å². The van der Waals surface area contributed by atoms with Crippen LogP contribution in [-0.4, -0.2) is 19.1 Å². The summed E-state index contributed by atoms with van der Waals surface area (Å²) in [5.41, 5.74) is 26.8. The molecule has 0 aliphatic heterocycles. The summed E-state index contributed by atoms with van der Waals surface area (Å²) in [6, 6.07) is 60.8. The summed E-state index contributed by atoms with van der Waals surface area (Å²) in [5.74, 6) is 2.27. The molecule has 4 aromatic heterocycles. The van der Waals surface area contributed by atoms with E-state index in [4.69, 9.17) is 4.98 Å². The zero-order valence-corrected chi connectivity index (χ0v) is 39.5. The van der Waals surface area contributed by atoms with Gasteiger partial charge < -0.3 is 9.55 Å². The van der Waals surface area contributed by atoms with E-state index < -0.39 is 0 Å². The number of pyridine rings is 1. The molecule has 4 heteroatoms. The van der Waals surface area contributed by atoms with Crippen molar-refractivity contribution in [1.29, 1.82) is 0 Å². The first-order valence-corrected chi connectivity index (χ1v) is 24.9. The average molecular weight is 889 g/mol. The average Bonchev–Trinajstić information content (AvgIpc) is 4.14. The molecule has 0 saturated heterocycles. The third-order valence-corrected chi connectivity index (χ3v) is 16.6. The Bertz CT molecular complexity index is 3850. The lowest BCUT2D eigenvalue weighted by atomic mass is 9.62. The summed E-state index contributed by atoms with van der Waals surface area (Å²) in [4.78, 5) is 8.39. The fraction of sp³-hybridized carbons (Fsp3) is 0.154. The standard InChI is InChI=1S/C65H52N4/c1-38-39(2)52-36-56-54-34-49(47-25-21-45(22-26-47)43-15-9-6-10-16-43)28-30-58(54)69(59-18-12-32-67-59)65(56)61-41(4)40(3)60-62(63(52)61)51(38)35-55-53-33-48(46-23-19-44(20-24-46)42-13-7-5-8-14-42)27-29-57(53)68(64(55)60)50-17-11-31-66-37-50/h5-27,29,31-41,67H,28,30H2,1-4H3. The Morgan fingerprint density at radius 3 is 1.64 bits per heavy atom. The summed E-state index contributed by atoms with van der Waals surface area (Å²) >= 11 is 0. The van der Waals surface area contributed by atoms with E-state index >= 15 is 0 Å². The predicted molar refractivity (Wildman–Crippen MR) is 288 cm³/mol. The highest BCUT2D eigenvalue weighted by Gasteiger charge is 2.43. The van der Waals surface area contributed by atoms with Gasteiger partial charge in [0.15, 0.2) is 0 Å². The van der Waals surface area contributed by atoms with Gasteiger partial charge in [0.25, 0.3) is 0 Å². The lowest BCUT2D eigenvalue weighted by Gasteiger charge is -2.42. The van der Waals surface area contributed by atoms with Crippen molar-refractivity contribution in [3.05, 3.63) is 221 Å². The minimum atomic E-state index is 0.233. The Morgan fingerprint density at radius 1 is 0.478 bits per heavy atom. The molecule has 4 nitrogen and oxygen atoms in total. The van der Waals surface area contributed by atoms with E-state index in [1.165, 1.54) is 122 Å². The maximum absolute atomic E-state index is 4.71. The summed E-state index contributed by atoms with van der Waals surface area (Å²) in [7, 11) is 0. The number of hydrogen-bond donors (Lipinski definition) is 1. The summed E-state index contributed by atoms with van der Waals surface area (Å²) < 4.78 is 5.14. The Labute approximate surface area is 403 Å². The molecular weight excluding hydrogens is 837 g/mol. The van der Waals surface area contributed by atoms with Crippen molar-refractivity contribution < 1.29 is 0 Å². The van der Waals surface area contributed by atoms with Crippen molar-refractivity contribution in [1.82, 2.24) is 19.1 Å². The summed E-state index contributed by atoms with van der Waals surface area (Å²) in [5, 5.41) is 4.00. The molecule has 3 aliphatic rings. The zero-order chi connectivity index (χ0) is 46.1. The minimum absolute atomic E-state index is 0.233. The Hall–Kier alpha value is -7.95. The second-order valence-electron chi connectivity index (χ2n) is 20.0. The normalized spacial score (nSPS) is 18.1. The van der Waals surface area contributed by atoms with Crippen LogP contribution in [0.15, 0.2) is 182 Å². The molecule has 332 valence electrons. The van der Waals surface area contributed by atoms with E-state index in [1.54, 1.807) is 0 Å². The van der Waals surface area contributed by atoms with Gasteiger partial charge in [-0.25, -0.2) is 0 Å². The van der Waals surface area contributed by atoms with Gasteiger partial charge in [0.2, 0.25) is 0 Å². The lowest BCUT2D eigenvalue weighted by molar-refractivity contribution is 0.584. The van der Waals surface area contributed by atoms with E-state index in [0.29, 0.717) is 11.8 Å². The largest absolute Gasteiger partial charge is 0.348 e. The van der Waals surface area contributed by atoms with Crippen molar-refractivity contribution >= 4 is 44.4 Å². The molecule has 4 heterocycles. The fourth-order valence-corrected chi connectivity index (χ4v) is 12.8. The first-order chi connectivity index (χ1) is 33.9. The molecule has 4 unspecified atom stereocenters. The van der Waals surface area contributed by atoms with Crippen LogP contribution in [0.3, 0.4) is 0 Å². The number of hydrogen-bond acceptors (Lipinski definition) is 1. The highest BCUT2D eigenvalue weighted by atomic mass is 15.1. The van der Waals surface area contributed by atoms with Crippen LogP contribution in [-0.2, 0) is 6.42 Å². The van der Waals surface area contributed by atoms with Crippen molar-refractivity contribution in [2.75, 3.05) is 0 Å². The van der Waals surface area contributed by atoms with Crippen LogP contribution in [0, 0.1) is 0 Å². The van der Waals surface area contributed by atoms with Crippen molar-refractivity contribution in [2.24, 2.45) is 0 Å². The molecule has 0 amide bonds. The van der Waals surface area contributed by atoms with Gasteiger partial charge in [-0.1, -0.05) is 143 Å². The van der Waals surface area contributed by atoms with E-state index in [-0.39, 0.29) is 11.8 Å². The number of benzene rings is 7. The quantitative estimate of drug-likeness (QED) is 0.177. The van der Waals surface area contributed by atoms with Crippen LogP contribution in [0.25, 0.3) is 100 Å². The fourth-order valence-electron chi connectivity index (χ4n) is 12.8. The number of aromatic amines is 1. The highest BCUT2D eigenvalue weighted by molar-refractivity contribution is 6.15. The van der Waals surface area contributed by atoms with Crippen molar-refractivity contribution in [3.63, 3.8) is 0 Å². The molecule has 3 aliphatic carbocycles. The predicted octanol–water partition coefficient (Wildman–Crippen LogP) is 17.0. The first kappa shape index (κ1) is 40.1. The van der Waals surface area contributed by atoms with Gasteiger partial charge in [-0.05, 0) is 169 Å². The molecule has 0 radical (unpaired) electrons. The van der Waals surface area contributed by atoms with E-state index in [2.05, 4.69) is 218 Å². The van der Waals surface area contributed by atoms with Crippen LogP contribution in [0.4, 0.5) is 0 Å². The van der Waals surface area contributed by atoms with Crippen molar-refractivity contribution in [2.45, 2.75) is 64.2 Å². The van der Waals surface area contributed by atoms with Gasteiger partial charge in [-0.3, -0.25) is 9.55 Å². The maximum Gasteiger partial charge on any atom is 0.114 e. The minimum Gasteiger partial charge on any atom is -0.348 e. The molecule has 69 heavy (non-hydrogen) atoms. The van der Waals surface area contributed by atoms with Crippen LogP contribution < -0.4 is 0 Å². The van der Waals surface area contributed by atoms with Gasteiger partial charge in [-0.2, -0.15) is 0 Å². The van der Waals surface area contributed by atoms with E-state index in [1.807, 2.05) is 12.4 Å². The van der Waals surface area contributed by atoms with Crippen LogP contribution in [0.2, 0.25) is 0 Å². The zero-order valence-electron chi connectivity index (χ0n) is 39.5. The number of allylic oxidation sites excluding steroid dienone is 1. The third kappa shape index (κ3) is 5.91. The smallest absolute Gasteiger partial charge is 0.114 e. The van der Waals surface area contributed by atoms with E-state index in [0.717, 1.165) is 24.3 Å². The number of rotatable bonds is 6. The number of nitrogens with zero attached hydrogens (tertiary/aromatic N) is 3. The number of H-pyrrole nitrogens is 1. The van der Waals surface area contributed by atoms with Gasteiger partial charge in [0.1, 0.15) is 5.82 Å². The van der Waals surface area contributed by atoms with Gasteiger partial charge in [0, 0.05) is 39.8 Å². The molecule has 14 rings (SSSR count). The molecule has 0 saturated carbocycles. The Kier molecular flexibility index (Phi) is 8.89. The number of fused-ring (bicyclic) bond motifs is 8. The SMILES string of the molecule is CC1c2cc3c4c(n(-c5ccc[nH]5)c3c3c2-c2c(cc5c6cc(-c7ccc(-c8ccccc8)cc7)ccc6n(-c6cccnc6)c5c2C(C)C3C)C1C)CCC(c1ccc(-c2ccccc2)cc1)=C4. The summed E-state index contributed by atoms with van der Waals surface area (Å²) in [6.07, 6.45) is 10.5. The van der Waals surface area contributed by atoms with Gasteiger partial charge in [-0.15, -0.1) is 0 Å². The number of aromatic nitrogens is 4. The molecule has 7 aromatic carbocycles. The molecular formula is C65H52N4. The molecule has 1 N–H and O–H groups in total. The highest BCUT2D eigenvalue weighted by Crippen LogP contribution is 2.61. The molecule has 0 spiro atoms. The second-order valence-corrected chi connectivity index (χ2v) is 20.0. The van der Waals surface area contributed by atoms with Crippen LogP contribution in [0.1, 0.15) is 96.9 Å². The Morgan fingerprint density at radius 2 is 1.04 bits per heavy atom. The molecule has 4 atom stereocenters. The first-order valence-electron chi connectivity index (χ1n) is 24.9. The second kappa shape index (κ2) is 15.3.